The predicted octanol–water partition coefficient (Wildman–Crippen LogP) is 2.67. The molecule has 0 spiro atoms. The minimum atomic E-state index is -0.115. The number of furan rings is 1. The summed E-state index contributed by atoms with van der Waals surface area (Å²) in [5.41, 5.74) is 7.57. The Labute approximate surface area is 112 Å². The highest BCUT2D eigenvalue weighted by Crippen LogP contribution is 2.14. The highest BCUT2D eigenvalue weighted by atomic mass is 16.3. The summed E-state index contributed by atoms with van der Waals surface area (Å²) in [4.78, 5) is 11.8. The van der Waals surface area contributed by atoms with Gasteiger partial charge in [0.1, 0.15) is 5.76 Å². The van der Waals surface area contributed by atoms with Gasteiger partial charge in [-0.1, -0.05) is 18.2 Å². The summed E-state index contributed by atoms with van der Waals surface area (Å²) in [6, 6.07) is 11.1. The quantitative estimate of drug-likeness (QED) is 0.810. The van der Waals surface area contributed by atoms with Crippen LogP contribution in [0.15, 0.2) is 47.1 Å². The minimum absolute atomic E-state index is 0.00727. The van der Waals surface area contributed by atoms with Gasteiger partial charge in [-0.2, -0.15) is 0 Å². The van der Waals surface area contributed by atoms with Gasteiger partial charge >= 0.3 is 0 Å². The van der Waals surface area contributed by atoms with Crippen LogP contribution in [-0.4, -0.2) is 5.91 Å². The molecule has 0 fully saturated rings. The van der Waals surface area contributed by atoms with E-state index in [0.717, 1.165) is 17.0 Å². The molecule has 0 saturated heterocycles. The fraction of sp³-hybridized carbons (Fsp3) is 0.267. The zero-order valence-electron chi connectivity index (χ0n) is 10.9. The van der Waals surface area contributed by atoms with Gasteiger partial charge in [0.15, 0.2) is 0 Å². The lowest BCUT2D eigenvalue weighted by atomic mass is 10.1. The molecule has 0 aliphatic carbocycles. The summed E-state index contributed by atoms with van der Waals surface area (Å²) >= 11 is 0. The number of benzene rings is 1. The van der Waals surface area contributed by atoms with Crippen molar-refractivity contribution in [1.82, 2.24) is 5.32 Å². The number of rotatable bonds is 5. The number of aryl methyl sites for hydroxylation is 1. The van der Waals surface area contributed by atoms with E-state index in [1.165, 1.54) is 0 Å². The van der Waals surface area contributed by atoms with Crippen molar-refractivity contribution in [2.75, 3.05) is 5.73 Å². The van der Waals surface area contributed by atoms with E-state index in [9.17, 15) is 4.79 Å². The minimum Gasteiger partial charge on any atom is -0.467 e. The van der Waals surface area contributed by atoms with Gasteiger partial charge in [0.25, 0.3) is 0 Å². The monoisotopic (exact) mass is 258 g/mol. The molecule has 0 bridgehead atoms. The van der Waals surface area contributed by atoms with Crippen molar-refractivity contribution in [3.8, 4) is 0 Å². The average Bonchev–Trinajstić information content (AvgIpc) is 2.91. The maximum absolute atomic E-state index is 11.8. The summed E-state index contributed by atoms with van der Waals surface area (Å²) < 4.78 is 5.24. The molecule has 2 rings (SSSR count). The predicted molar refractivity (Wildman–Crippen MR) is 74.4 cm³/mol. The van der Waals surface area contributed by atoms with Gasteiger partial charge < -0.3 is 15.5 Å². The Kier molecular flexibility index (Phi) is 4.23. The number of hydrogen-bond acceptors (Lipinski definition) is 3. The third-order valence-electron chi connectivity index (χ3n) is 3.02. The largest absolute Gasteiger partial charge is 0.467 e. The first-order chi connectivity index (χ1) is 9.16. The number of carbonyl (C=O) groups excluding carboxylic acids is 1. The SMILES string of the molecule is CC(NC(=O)CCc1ccccc1N)c1ccco1. The van der Waals surface area contributed by atoms with Crippen LogP contribution in [0.4, 0.5) is 5.69 Å². The Morgan fingerprint density at radius 3 is 2.79 bits per heavy atom. The molecule has 1 heterocycles. The molecule has 1 unspecified atom stereocenters. The number of nitrogen functional groups attached to an aromatic ring is 1. The van der Waals surface area contributed by atoms with Crippen molar-refractivity contribution in [1.29, 1.82) is 0 Å². The molecular weight excluding hydrogens is 240 g/mol. The normalized spacial score (nSPS) is 12.1. The third-order valence-corrected chi connectivity index (χ3v) is 3.02. The molecule has 1 atom stereocenters. The molecule has 4 nitrogen and oxygen atoms in total. The molecule has 2 aromatic rings. The smallest absolute Gasteiger partial charge is 0.220 e. The molecular formula is C15H18N2O2. The first-order valence-corrected chi connectivity index (χ1v) is 6.33. The van der Waals surface area contributed by atoms with Gasteiger partial charge in [-0.15, -0.1) is 0 Å². The zero-order chi connectivity index (χ0) is 13.7. The number of nitrogens with one attached hydrogen (secondary N) is 1. The maximum Gasteiger partial charge on any atom is 0.220 e. The van der Waals surface area contributed by atoms with Crippen LogP contribution in [-0.2, 0) is 11.2 Å². The number of hydrogen-bond donors (Lipinski definition) is 2. The second kappa shape index (κ2) is 6.09. The second-order valence-electron chi connectivity index (χ2n) is 4.50. The van der Waals surface area contributed by atoms with E-state index in [1.807, 2.05) is 43.3 Å². The van der Waals surface area contributed by atoms with E-state index in [4.69, 9.17) is 10.2 Å². The molecule has 4 heteroatoms. The molecule has 1 aromatic heterocycles. The van der Waals surface area contributed by atoms with Crippen molar-refractivity contribution in [3.05, 3.63) is 54.0 Å². The van der Waals surface area contributed by atoms with Crippen molar-refractivity contribution in [3.63, 3.8) is 0 Å². The number of anilines is 1. The number of amides is 1. The molecule has 1 aromatic carbocycles. The molecule has 0 saturated carbocycles. The maximum atomic E-state index is 11.8. The van der Waals surface area contributed by atoms with Crippen molar-refractivity contribution < 1.29 is 9.21 Å². The highest BCUT2D eigenvalue weighted by Gasteiger charge is 2.11. The number of nitrogens with two attached hydrogens (primary N) is 1. The Hall–Kier alpha value is -2.23. The molecule has 0 aliphatic rings. The van der Waals surface area contributed by atoms with Crippen molar-refractivity contribution in [2.45, 2.75) is 25.8 Å². The van der Waals surface area contributed by atoms with E-state index < -0.39 is 0 Å². The Morgan fingerprint density at radius 2 is 2.11 bits per heavy atom. The number of carbonyl (C=O) groups is 1. The van der Waals surface area contributed by atoms with E-state index in [-0.39, 0.29) is 11.9 Å². The first kappa shape index (κ1) is 13.2. The van der Waals surface area contributed by atoms with Crippen LogP contribution >= 0.6 is 0 Å². The lowest BCUT2D eigenvalue weighted by Gasteiger charge is -2.11. The molecule has 100 valence electrons. The van der Waals surface area contributed by atoms with Crippen LogP contribution in [0.5, 0.6) is 0 Å². The number of para-hydroxylation sites is 1. The fourth-order valence-electron chi connectivity index (χ4n) is 1.93. The van der Waals surface area contributed by atoms with E-state index in [0.29, 0.717) is 12.8 Å². The molecule has 1 amide bonds. The summed E-state index contributed by atoms with van der Waals surface area (Å²) in [7, 11) is 0. The van der Waals surface area contributed by atoms with Crippen molar-refractivity contribution in [2.24, 2.45) is 0 Å². The summed E-state index contributed by atoms with van der Waals surface area (Å²) in [5.74, 6) is 0.750. The standard InChI is InChI=1S/C15H18N2O2/c1-11(14-7-4-10-19-14)17-15(18)9-8-12-5-2-3-6-13(12)16/h2-7,10-11H,8-9,16H2,1H3,(H,17,18). The Morgan fingerprint density at radius 1 is 1.32 bits per heavy atom. The van der Waals surface area contributed by atoms with Crippen LogP contribution in [0.3, 0.4) is 0 Å². The topological polar surface area (TPSA) is 68.3 Å². The van der Waals surface area contributed by atoms with Gasteiger partial charge in [-0.3, -0.25) is 4.79 Å². The van der Waals surface area contributed by atoms with Gasteiger partial charge in [0.05, 0.1) is 12.3 Å². The Balaban J connectivity index is 1.84. The van der Waals surface area contributed by atoms with Crippen LogP contribution < -0.4 is 11.1 Å². The van der Waals surface area contributed by atoms with Crippen LogP contribution in [0.25, 0.3) is 0 Å². The van der Waals surface area contributed by atoms with Gasteiger partial charge in [0.2, 0.25) is 5.91 Å². The van der Waals surface area contributed by atoms with E-state index in [1.54, 1.807) is 6.26 Å². The van der Waals surface area contributed by atoms with E-state index >= 15 is 0 Å². The van der Waals surface area contributed by atoms with Gasteiger partial charge in [0, 0.05) is 12.1 Å². The summed E-state index contributed by atoms with van der Waals surface area (Å²) in [5, 5.41) is 2.90. The van der Waals surface area contributed by atoms with Crippen LogP contribution in [0.1, 0.15) is 30.7 Å². The van der Waals surface area contributed by atoms with Crippen LogP contribution in [0.2, 0.25) is 0 Å². The lowest BCUT2D eigenvalue weighted by molar-refractivity contribution is -0.121. The van der Waals surface area contributed by atoms with E-state index in [2.05, 4.69) is 5.32 Å². The molecule has 0 aliphatic heterocycles. The summed E-state index contributed by atoms with van der Waals surface area (Å²) in [6.07, 6.45) is 2.66. The molecule has 0 radical (unpaired) electrons. The average molecular weight is 258 g/mol. The van der Waals surface area contributed by atoms with Gasteiger partial charge in [-0.05, 0) is 37.1 Å². The highest BCUT2D eigenvalue weighted by molar-refractivity contribution is 5.76. The first-order valence-electron chi connectivity index (χ1n) is 6.33. The van der Waals surface area contributed by atoms with Gasteiger partial charge in [-0.25, -0.2) is 0 Å². The Bertz CT molecular complexity index is 535. The van der Waals surface area contributed by atoms with Crippen molar-refractivity contribution >= 4 is 11.6 Å². The third kappa shape index (κ3) is 3.61. The fourth-order valence-corrected chi connectivity index (χ4v) is 1.93. The molecule has 19 heavy (non-hydrogen) atoms. The zero-order valence-corrected chi connectivity index (χ0v) is 10.9. The molecule has 3 N–H and O–H groups in total. The summed E-state index contributed by atoms with van der Waals surface area (Å²) in [6.45, 7) is 1.90. The lowest BCUT2D eigenvalue weighted by Crippen LogP contribution is -2.26. The second-order valence-corrected chi connectivity index (χ2v) is 4.50. The van der Waals surface area contributed by atoms with Crippen LogP contribution in [0, 0.1) is 0 Å².